The van der Waals surface area contributed by atoms with Gasteiger partial charge in [-0.3, -0.25) is 0 Å². The van der Waals surface area contributed by atoms with Crippen molar-refractivity contribution >= 4 is 11.9 Å². The maximum absolute atomic E-state index is 12.9. The molecule has 2 fully saturated rings. The van der Waals surface area contributed by atoms with Crippen LogP contribution < -0.4 is 0 Å². The molecule has 2 heterocycles. The van der Waals surface area contributed by atoms with E-state index in [2.05, 4.69) is 55.4 Å². The molecule has 0 bridgehead atoms. The summed E-state index contributed by atoms with van der Waals surface area (Å²) in [5.41, 5.74) is -0.135. The first-order valence-corrected chi connectivity index (χ1v) is 12.7. The van der Waals surface area contributed by atoms with Crippen LogP contribution in [0.15, 0.2) is 12.1 Å². The van der Waals surface area contributed by atoms with Gasteiger partial charge < -0.3 is 19.9 Å². The summed E-state index contributed by atoms with van der Waals surface area (Å²) in [6.45, 7) is 16.6. The first kappa shape index (κ1) is 28.6. The minimum Gasteiger partial charge on any atom is -0.478 e. The highest BCUT2D eigenvalue weighted by molar-refractivity contribution is 5.98. The fraction of sp³-hybridized carbons (Fsp3) is 0.714. The summed E-state index contributed by atoms with van der Waals surface area (Å²) in [5, 5.41) is 24.7. The third-order valence-electron chi connectivity index (χ3n) is 8.12. The molecule has 202 valence electrons. The van der Waals surface area contributed by atoms with Crippen molar-refractivity contribution in [3.63, 3.8) is 0 Å². The Morgan fingerprint density at radius 1 is 0.722 bits per heavy atom. The van der Waals surface area contributed by atoms with Crippen LogP contribution in [0.3, 0.4) is 0 Å². The molecule has 36 heavy (non-hydrogen) atoms. The van der Waals surface area contributed by atoms with Gasteiger partial charge in [-0.05, 0) is 110 Å². The van der Waals surface area contributed by atoms with Gasteiger partial charge in [-0.15, -0.1) is 0 Å². The summed E-state index contributed by atoms with van der Waals surface area (Å²) in [7, 11) is 3.31. The van der Waals surface area contributed by atoms with Crippen molar-refractivity contribution in [1.29, 1.82) is 0 Å². The SMILES string of the molecule is CON1C(C)(C)CC(c2ccc(C(=O)O)c(C3CC(C)(C)N(OC)C(C)(C)C3)c2C(=O)O)CC1(C)C. The van der Waals surface area contributed by atoms with Gasteiger partial charge in [0.25, 0.3) is 0 Å². The molecule has 0 saturated carbocycles. The molecule has 2 aliphatic rings. The average molecular weight is 505 g/mol. The van der Waals surface area contributed by atoms with Crippen molar-refractivity contribution in [1.82, 2.24) is 10.1 Å². The van der Waals surface area contributed by atoms with Crippen LogP contribution in [0.25, 0.3) is 0 Å². The van der Waals surface area contributed by atoms with E-state index in [1.807, 2.05) is 10.1 Å². The molecule has 1 aromatic rings. The summed E-state index contributed by atoms with van der Waals surface area (Å²) >= 11 is 0. The lowest BCUT2D eigenvalue weighted by molar-refractivity contribution is -0.267. The Labute approximate surface area is 215 Å². The zero-order valence-corrected chi connectivity index (χ0v) is 23.6. The number of carbonyl (C=O) groups is 2. The standard InChI is InChI=1S/C28H44N2O6/c1-25(2)13-17(14-26(3,4)29(25)35-9)19-11-12-20(23(31)32)21(22(19)24(33)34)18-15-27(5,6)30(36-10)28(7,8)16-18/h11-12,17-18H,13-16H2,1-10H3,(H,31,32)(H,33,34). The molecule has 1 aromatic carbocycles. The van der Waals surface area contributed by atoms with Gasteiger partial charge in [-0.1, -0.05) is 6.07 Å². The molecule has 2 saturated heterocycles. The van der Waals surface area contributed by atoms with E-state index in [4.69, 9.17) is 9.68 Å². The quantitative estimate of drug-likeness (QED) is 0.511. The molecule has 0 amide bonds. The number of benzene rings is 1. The van der Waals surface area contributed by atoms with Crippen LogP contribution in [-0.2, 0) is 9.68 Å². The van der Waals surface area contributed by atoms with Crippen LogP contribution in [0, 0.1) is 0 Å². The molecule has 0 aliphatic carbocycles. The highest BCUT2D eigenvalue weighted by atomic mass is 16.7. The second-order valence-electron chi connectivity index (χ2n) is 13.0. The fourth-order valence-corrected chi connectivity index (χ4v) is 7.76. The van der Waals surface area contributed by atoms with E-state index >= 15 is 0 Å². The predicted octanol–water partition coefficient (Wildman–Crippen LogP) is 5.68. The van der Waals surface area contributed by atoms with E-state index in [0.29, 0.717) is 36.8 Å². The first-order valence-electron chi connectivity index (χ1n) is 12.7. The van der Waals surface area contributed by atoms with E-state index in [0.717, 1.165) is 0 Å². The monoisotopic (exact) mass is 504 g/mol. The summed E-state index contributed by atoms with van der Waals surface area (Å²) < 4.78 is 0. The lowest BCUT2D eigenvalue weighted by atomic mass is 9.67. The molecule has 0 radical (unpaired) electrons. The number of carboxylic acids is 2. The number of piperidine rings is 2. The number of aromatic carboxylic acids is 2. The van der Waals surface area contributed by atoms with Crippen LogP contribution in [0.2, 0.25) is 0 Å². The number of hydroxylamine groups is 4. The third kappa shape index (κ3) is 4.93. The minimum atomic E-state index is -1.10. The third-order valence-corrected chi connectivity index (χ3v) is 8.12. The largest absolute Gasteiger partial charge is 0.478 e. The summed E-state index contributed by atoms with van der Waals surface area (Å²) in [6, 6.07) is 3.35. The molecule has 8 heteroatoms. The van der Waals surface area contributed by atoms with Crippen molar-refractivity contribution in [3.8, 4) is 0 Å². The van der Waals surface area contributed by atoms with Crippen molar-refractivity contribution in [2.45, 2.75) is 115 Å². The Morgan fingerprint density at radius 2 is 1.11 bits per heavy atom. The lowest BCUT2D eigenvalue weighted by Crippen LogP contribution is -2.59. The highest BCUT2D eigenvalue weighted by Crippen LogP contribution is 2.50. The smallest absolute Gasteiger partial charge is 0.336 e. The van der Waals surface area contributed by atoms with E-state index in [1.165, 1.54) is 0 Å². The van der Waals surface area contributed by atoms with E-state index in [9.17, 15) is 19.8 Å². The van der Waals surface area contributed by atoms with Crippen LogP contribution in [0.1, 0.15) is 125 Å². The zero-order valence-electron chi connectivity index (χ0n) is 23.6. The second-order valence-corrected chi connectivity index (χ2v) is 13.0. The van der Waals surface area contributed by atoms with E-state index in [-0.39, 0.29) is 34.0 Å². The van der Waals surface area contributed by atoms with Crippen LogP contribution in [-0.4, -0.2) is 68.7 Å². The Morgan fingerprint density at radius 3 is 1.44 bits per heavy atom. The summed E-state index contributed by atoms with van der Waals surface area (Å²) in [6.07, 6.45) is 2.53. The van der Waals surface area contributed by atoms with E-state index in [1.54, 1.807) is 26.4 Å². The van der Waals surface area contributed by atoms with E-state index < -0.39 is 23.0 Å². The number of rotatable bonds is 6. The molecule has 0 atom stereocenters. The maximum atomic E-state index is 12.9. The Bertz CT molecular complexity index is 993. The minimum absolute atomic E-state index is 0.0609. The summed E-state index contributed by atoms with van der Waals surface area (Å²) in [4.78, 5) is 36.8. The van der Waals surface area contributed by atoms with Crippen molar-refractivity contribution in [2.24, 2.45) is 0 Å². The maximum Gasteiger partial charge on any atom is 0.336 e. The molecular formula is C28H44N2O6. The van der Waals surface area contributed by atoms with Gasteiger partial charge in [0, 0.05) is 22.2 Å². The van der Waals surface area contributed by atoms with Crippen LogP contribution in [0.4, 0.5) is 0 Å². The molecule has 2 aliphatic heterocycles. The van der Waals surface area contributed by atoms with Crippen molar-refractivity contribution in [3.05, 3.63) is 34.4 Å². The zero-order chi connectivity index (χ0) is 27.4. The topological polar surface area (TPSA) is 99.5 Å². The molecule has 3 rings (SSSR count). The van der Waals surface area contributed by atoms with Gasteiger partial charge in [-0.2, -0.15) is 10.1 Å². The fourth-order valence-electron chi connectivity index (χ4n) is 7.76. The molecular weight excluding hydrogens is 460 g/mol. The van der Waals surface area contributed by atoms with Gasteiger partial charge in [0.05, 0.1) is 25.3 Å². The predicted molar refractivity (Wildman–Crippen MR) is 138 cm³/mol. The average Bonchev–Trinajstić information content (AvgIpc) is 2.69. The summed E-state index contributed by atoms with van der Waals surface area (Å²) in [5.74, 6) is -2.48. The van der Waals surface area contributed by atoms with Crippen LogP contribution in [0.5, 0.6) is 0 Å². The van der Waals surface area contributed by atoms with Gasteiger partial charge in [0.1, 0.15) is 0 Å². The Kier molecular flexibility index (Phi) is 7.45. The normalized spacial score (nSPS) is 24.5. The van der Waals surface area contributed by atoms with Crippen molar-refractivity contribution < 1.29 is 29.5 Å². The second kappa shape index (κ2) is 9.39. The number of nitrogens with zero attached hydrogens (tertiary/aromatic N) is 2. The first-order chi connectivity index (χ1) is 16.4. The number of hydrogen-bond acceptors (Lipinski definition) is 6. The van der Waals surface area contributed by atoms with Gasteiger partial charge in [0.2, 0.25) is 0 Å². The molecule has 2 N–H and O–H groups in total. The highest BCUT2D eigenvalue weighted by Gasteiger charge is 2.50. The Hall–Kier alpha value is -2.00. The van der Waals surface area contributed by atoms with Gasteiger partial charge in [0.15, 0.2) is 0 Å². The van der Waals surface area contributed by atoms with Gasteiger partial charge in [-0.25, -0.2) is 9.59 Å². The molecule has 0 unspecified atom stereocenters. The van der Waals surface area contributed by atoms with Crippen molar-refractivity contribution in [2.75, 3.05) is 14.2 Å². The molecule has 0 spiro atoms. The number of carboxylic acid groups (broad SMARTS) is 2. The van der Waals surface area contributed by atoms with Gasteiger partial charge >= 0.3 is 11.9 Å². The molecule has 8 nitrogen and oxygen atoms in total. The Balaban J connectivity index is 2.23. The molecule has 0 aromatic heterocycles. The van der Waals surface area contributed by atoms with Crippen LogP contribution >= 0.6 is 0 Å². The number of hydrogen-bond donors (Lipinski definition) is 2. The lowest BCUT2D eigenvalue weighted by Gasteiger charge is -2.54.